The molecule has 0 radical (unpaired) electrons. The van der Waals surface area contributed by atoms with Crippen LogP contribution in [0.3, 0.4) is 0 Å². The van der Waals surface area contributed by atoms with Crippen molar-refractivity contribution in [2.45, 2.75) is 25.4 Å². The summed E-state index contributed by atoms with van der Waals surface area (Å²) in [4.78, 5) is 33.7. The van der Waals surface area contributed by atoms with E-state index in [9.17, 15) is 4.79 Å². The summed E-state index contributed by atoms with van der Waals surface area (Å²) in [6.45, 7) is 3.56. The Kier molecular flexibility index (Phi) is 4.95. The average Bonchev–Trinajstić information content (AvgIpc) is 3.34. The lowest BCUT2D eigenvalue weighted by Gasteiger charge is -2.34. The van der Waals surface area contributed by atoms with Crippen LogP contribution in [0.1, 0.15) is 13.3 Å². The predicted octanol–water partition coefficient (Wildman–Crippen LogP) is 2.53. The topological polar surface area (TPSA) is 99.2 Å². The first kappa shape index (κ1) is 19.4. The van der Waals surface area contributed by atoms with E-state index in [0.29, 0.717) is 23.8 Å². The second-order valence-corrected chi connectivity index (χ2v) is 8.03. The number of amides is 1. The van der Waals surface area contributed by atoms with Crippen LogP contribution in [0, 0.1) is 0 Å². The number of piperazine rings is 1. The van der Waals surface area contributed by atoms with Crippen LogP contribution < -0.4 is 15.5 Å². The molecule has 0 aromatic carbocycles. The van der Waals surface area contributed by atoms with Crippen molar-refractivity contribution in [1.29, 1.82) is 0 Å². The van der Waals surface area contributed by atoms with Gasteiger partial charge in [-0.2, -0.15) is 0 Å². The number of aromatic nitrogens is 4. The molecule has 2 N–H and O–H groups in total. The van der Waals surface area contributed by atoms with E-state index in [1.54, 1.807) is 18.5 Å². The Labute approximate surface area is 180 Å². The van der Waals surface area contributed by atoms with Gasteiger partial charge >= 0.3 is 0 Å². The molecule has 9 nitrogen and oxygen atoms in total. The summed E-state index contributed by atoms with van der Waals surface area (Å²) >= 11 is 0. The zero-order chi connectivity index (χ0) is 21.4. The van der Waals surface area contributed by atoms with E-state index < -0.39 is 0 Å². The Hall–Kier alpha value is -3.59. The third-order valence-corrected chi connectivity index (χ3v) is 5.89. The molecule has 3 aromatic heterocycles. The minimum absolute atomic E-state index is 0.154. The highest BCUT2D eigenvalue weighted by atomic mass is 16.1. The Morgan fingerprint density at radius 3 is 2.68 bits per heavy atom. The van der Waals surface area contributed by atoms with Crippen molar-refractivity contribution in [2.75, 3.05) is 35.7 Å². The van der Waals surface area contributed by atoms with Crippen LogP contribution in [-0.2, 0) is 4.79 Å². The number of rotatable bonds is 5. The highest BCUT2D eigenvalue weighted by Crippen LogP contribution is 2.37. The number of likely N-dealkylation sites (N-methyl/N-ethyl adjacent to an activating group) is 1. The van der Waals surface area contributed by atoms with Crippen LogP contribution >= 0.6 is 0 Å². The number of carbonyl (C=O) groups excluding carboxylic acids is 1. The van der Waals surface area contributed by atoms with Crippen LogP contribution in [0.25, 0.3) is 11.3 Å². The summed E-state index contributed by atoms with van der Waals surface area (Å²) in [5, 5.41) is 6.02. The molecular formula is C22H24N8O. The summed E-state index contributed by atoms with van der Waals surface area (Å²) in [5.41, 5.74) is 3.61. The number of nitrogens with zero attached hydrogens (tertiary/aromatic N) is 6. The predicted molar refractivity (Wildman–Crippen MR) is 119 cm³/mol. The first-order valence-electron chi connectivity index (χ1n) is 10.3. The van der Waals surface area contributed by atoms with Crippen LogP contribution in [0.15, 0.2) is 49.1 Å². The molecule has 2 aliphatic rings. The minimum atomic E-state index is -0.154. The molecule has 2 bridgehead atoms. The molecule has 5 heterocycles. The second kappa shape index (κ2) is 7.92. The number of pyridine rings is 2. The largest absolute Gasteiger partial charge is 0.364 e. The summed E-state index contributed by atoms with van der Waals surface area (Å²) in [5.74, 6) is 0.854. The SMILES string of the molecule is CC(=O)Nc1ccc(-c2ccnc(Nc3cnccc3N3CC4CC3CN4C)n2)cn1. The van der Waals surface area contributed by atoms with E-state index in [1.807, 2.05) is 24.5 Å². The van der Waals surface area contributed by atoms with E-state index in [0.717, 1.165) is 35.7 Å². The smallest absolute Gasteiger partial charge is 0.227 e. The molecule has 0 spiro atoms. The van der Waals surface area contributed by atoms with E-state index in [4.69, 9.17) is 0 Å². The maximum atomic E-state index is 11.2. The fourth-order valence-electron chi connectivity index (χ4n) is 4.39. The maximum absolute atomic E-state index is 11.2. The van der Waals surface area contributed by atoms with E-state index in [2.05, 4.69) is 53.5 Å². The van der Waals surface area contributed by atoms with Crippen molar-refractivity contribution in [1.82, 2.24) is 24.8 Å². The third-order valence-electron chi connectivity index (χ3n) is 5.89. The fraction of sp³-hybridized carbons (Fsp3) is 0.318. The summed E-state index contributed by atoms with van der Waals surface area (Å²) in [6, 6.07) is 8.65. The van der Waals surface area contributed by atoms with Gasteiger partial charge in [0, 0.05) is 56.3 Å². The monoisotopic (exact) mass is 416 g/mol. The molecule has 3 aromatic rings. The normalized spacial score (nSPS) is 20.1. The van der Waals surface area contributed by atoms with E-state index in [1.165, 1.54) is 13.3 Å². The van der Waals surface area contributed by atoms with Crippen molar-refractivity contribution in [3.8, 4) is 11.3 Å². The molecule has 31 heavy (non-hydrogen) atoms. The molecular weight excluding hydrogens is 392 g/mol. The Bertz CT molecular complexity index is 1100. The quantitative estimate of drug-likeness (QED) is 0.655. The highest BCUT2D eigenvalue weighted by Gasteiger charge is 2.42. The number of carbonyl (C=O) groups is 1. The number of likely N-dealkylation sites (tertiary alicyclic amines) is 1. The Morgan fingerprint density at radius 2 is 1.97 bits per heavy atom. The van der Waals surface area contributed by atoms with Crippen molar-refractivity contribution in [2.24, 2.45) is 0 Å². The van der Waals surface area contributed by atoms with Crippen LogP contribution in [0.4, 0.5) is 23.1 Å². The minimum Gasteiger partial charge on any atom is -0.364 e. The van der Waals surface area contributed by atoms with Crippen molar-refractivity contribution >= 4 is 29.0 Å². The highest BCUT2D eigenvalue weighted by molar-refractivity contribution is 5.87. The first-order valence-corrected chi connectivity index (χ1v) is 10.3. The van der Waals surface area contributed by atoms with Gasteiger partial charge in [0.1, 0.15) is 5.82 Å². The van der Waals surface area contributed by atoms with Crippen molar-refractivity contribution < 1.29 is 4.79 Å². The van der Waals surface area contributed by atoms with Gasteiger partial charge in [-0.25, -0.2) is 15.0 Å². The number of hydrogen-bond donors (Lipinski definition) is 2. The number of anilines is 4. The summed E-state index contributed by atoms with van der Waals surface area (Å²) in [6.07, 6.45) is 8.26. The molecule has 9 heteroatoms. The molecule has 5 rings (SSSR count). The lowest BCUT2D eigenvalue weighted by Crippen LogP contribution is -2.44. The van der Waals surface area contributed by atoms with Crippen molar-refractivity contribution in [3.63, 3.8) is 0 Å². The van der Waals surface area contributed by atoms with Gasteiger partial charge in [0.15, 0.2) is 0 Å². The van der Waals surface area contributed by atoms with E-state index in [-0.39, 0.29) is 5.91 Å². The first-order chi connectivity index (χ1) is 15.1. The van der Waals surface area contributed by atoms with Gasteiger partial charge in [-0.1, -0.05) is 0 Å². The Balaban J connectivity index is 1.37. The van der Waals surface area contributed by atoms with Gasteiger partial charge in [-0.15, -0.1) is 0 Å². The van der Waals surface area contributed by atoms with Crippen molar-refractivity contribution in [3.05, 3.63) is 49.1 Å². The number of fused-ring (bicyclic) bond motifs is 2. The molecule has 1 amide bonds. The van der Waals surface area contributed by atoms with Gasteiger partial charge < -0.3 is 15.5 Å². The fourth-order valence-corrected chi connectivity index (χ4v) is 4.39. The lowest BCUT2D eigenvalue weighted by atomic mass is 10.2. The second-order valence-electron chi connectivity index (χ2n) is 8.03. The molecule has 2 fully saturated rings. The zero-order valence-corrected chi connectivity index (χ0v) is 17.5. The molecule has 2 atom stereocenters. The molecule has 2 saturated heterocycles. The summed E-state index contributed by atoms with van der Waals surface area (Å²) < 4.78 is 0. The van der Waals surface area contributed by atoms with E-state index >= 15 is 0 Å². The lowest BCUT2D eigenvalue weighted by molar-refractivity contribution is -0.114. The zero-order valence-electron chi connectivity index (χ0n) is 17.5. The van der Waals surface area contributed by atoms with Gasteiger partial charge in [0.25, 0.3) is 0 Å². The molecule has 158 valence electrons. The number of hydrogen-bond acceptors (Lipinski definition) is 8. The van der Waals surface area contributed by atoms with Gasteiger partial charge in [0.2, 0.25) is 11.9 Å². The average molecular weight is 416 g/mol. The molecule has 2 aliphatic heterocycles. The third kappa shape index (κ3) is 3.91. The maximum Gasteiger partial charge on any atom is 0.227 e. The van der Waals surface area contributed by atoms with Crippen LogP contribution in [0.5, 0.6) is 0 Å². The Morgan fingerprint density at radius 1 is 1.06 bits per heavy atom. The standard InChI is InChI=1S/C22H24N8O/c1-14(31)26-21-4-3-15(10-25-21)18-5-8-24-22(27-18)28-19-11-23-7-6-20(19)30-13-16-9-17(30)12-29(16)2/h3-8,10-11,16-17H,9,12-13H2,1-2H3,(H,24,27,28)(H,25,26,31). The van der Waals surface area contributed by atoms with Crippen LogP contribution in [-0.4, -0.2) is 63.0 Å². The summed E-state index contributed by atoms with van der Waals surface area (Å²) in [7, 11) is 2.20. The number of nitrogens with one attached hydrogen (secondary N) is 2. The molecule has 0 aliphatic carbocycles. The molecule has 0 saturated carbocycles. The van der Waals surface area contributed by atoms with Gasteiger partial charge in [0.05, 0.1) is 23.3 Å². The van der Waals surface area contributed by atoms with Crippen LogP contribution in [0.2, 0.25) is 0 Å². The van der Waals surface area contributed by atoms with Gasteiger partial charge in [-0.3, -0.25) is 14.7 Å². The van der Waals surface area contributed by atoms with Gasteiger partial charge in [-0.05, 0) is 37.7 Å². The molecule has 2 unspecified atom stereocenters.